The molecule has 18 heavy (non-hydrogen) atoms. The molecular weight excluding hydrogens is 231 g/mol. The van der Waals surface area contributed by atoms with Crippen LogP contribution in [0.15, 0.2) is 12.1 Å². The second kappa shape index (κ2) is 4.67. The number of halogens is 1. The molecule has 0 aliphatic heterocycles. The lowest BCUT2D eigenvalue weighted by Crippen LogP contribution is -2.09. The monoisotopic (exact) mass is 252 g/mol. The Labute approximate surface area is 108 Å². The summed E-state index contributed by atoms with van der Waals surface area (Å²) in [6.45, 7) is 7.64. The number of benzene rings is 1. The van der Waals surface area contributed by atoms with Gasteiger partial charge in [0.1, 0.15) is 0 Å². The number of rotatable bonds is 5. The molecule has 1 aromatic carbocycles. The first-order chi connectivity index (χ1) is 8.44. The maximum atomic E-state index is 13.5. The van der Waals surface area contributed by atoms with Crippen molar-refractivity contribution in [1.82, 2.24) is 0 Å². The van der Waals surface area contributed by atoms with E-state index in [1.165, 1.54) is 12.5 Å². The number of ether oxygens (including phenoxy) is 1. The average Bonchev–Trinajstić information content (AvgIpc) is 2.89. The van der Waals surface area contributed by atoms with Crippen LogP contribution < -0.4 is 15.8 Å². The van der Waals surface area contributed by atoms with Crippen LogP contribution in [0, 0.1) is 17.2 Å². The molecule has 0 aromatic heterocycles. The van der Waals surface area contributed by atoms with Crippen LogP contribution in [-0.2, 0) is 0 Å². The van der Waals surface area contributed by atoms with Gasteiger partial charge in [-0.25, -0.2) is 4.39 Å². The fourth-order valence-corrected chi connectivity index (χ4v) is 2.15. The van der Waals surface area contributed by atoms with Gasteiger partial charge in [0.15, 0.2) is 11.6 Å². The largest absolute Gasteiger partial charge is 0.491 e. The van der Waals surface area contributed by atoms with Crippen molar-refractivity contribution in [3.05, 3.63) is 17.9 Å². The van der Waals surface area contributed by atoms with Gasteiger partial charge >= 0.3 is 0 Å². The molecule has 1 aliphatic rings. The Hall–Kier alpha value is -1.45. The van der Waals surface area contributed by atoms with E-state index in [9.17, 15) is 4.39 Å². The van der Waals surface area contributed by atoms with Gasteiger partial charge < -0.3 is 15.8 Å². The van der Waals surface area contributed by atoms with E-state index in [2.05, 4.69) is 19.2 Å². The third-order valence-corrected chi connectivity index (χ3v) is 3.66. The molecule has 0 saturated heterocycles. The predicted octanol–water partition coefficient (Wildman–Crippen LogP) is 3.26. The topological polar surface area (TPSA) is 47.3 Å². The van der Waals surface area contributed by atoms with Gasteiger partial charge in [0, 0.05) is 18.7 Å². The zero-order valence-corrected chi connectivity index (χ0v) is 11.2. The molecule has 0 radical (unpaired) electrons. The third kappa shape index (κ3) is 2.68. The molecule has 2 rings (SSSR count). The molecule has 1 aliphatic carbocycles. The third-order valence-electron chi connectivity index (χ3n) is 3.66. The molecule has 0 spiro atoms. The van der Waals surface area contributed by atoms with Crippen LogP contribution in [0.4, 0.5) is 15.8 Å². The number of hydrogen-bond donors (Lipinski definition) is 2. The molecule has 1 atom stereocenters. The lowest BCUT2D eigenvalue weighted by atomic mass is 10.1. The fraction of sp³-hybridized carbons (Fsp3) is 0.571. The van der Waals surface area contributed by atoms with E-state index >= 15 is 0 Å². The second-order valence-electron chi connectivity index (χ2n) is 5.57. The Kier molecular flexibility index (Phi) is 3.37. The molecule has 0 heterocycles. The molecule has 3 nitrogen and oxygen atoms in total. The van der Waals surface area contributed by atoms with Crippen LogP contribution in [-0.4, -0.2) is 13.2 Å². The zero-order chi connectivity index (χ0) is 13.3. The summed E-state index contributed by atoms with van der Waals surface area (Å²) >= 11 is 0. The van der Waals surface area contributed by atoms with Gasteiger partial charge in [0.2, 0.25) is 0 Å². The Balaban J connectivity index is 2.05. The van der Waals surface area contributed by atoms with Crippen molar-refractivity contribution in [2.24, 2.45) is 11.3 Å². The highest BCUT2D eigenvalue weighted by atomic mass is 19.1. The van der Waals surface area contributed by atoms with Crippen molar-refractivity contribution in [2.45, 2.75) is 27.2 Å². The molecule has 1 aromatic rings. The van der Waals surface area contributed by atoms with Crippen molar-refractivity contribution in [1.29, 1.82) is 0 Å². The molecule has 0 bridgehead atoms. The van der Waals surface area contributed by atoms with Crippen molar-refractivity contribution in [2.75, 3.05) is 24.2 Å². The minimum Gasteiger partial charge on any atom is -0.491 e. The summed E-state index contributed by atoms with van der Waals surface area (Å²) in [5.74, 6) is 0.508. The quantitative estimate of drug-likeness (QED) is 0.791. The van der Waals surface area contributed by atoms with E-state index in [4.69, 9.17) is 10.5 Å². The molecule has 4 heteroatoms. The normalized spacial score (nSPS) is 20.6. The summed E-state index contributed by atoms with van der Waals surface area (Å²) in [4.78, 5) is 0. The van der Waals surface area contributed by atoms with Crippen molar-refractivity contribution in [3.63, 3.8) is 0 Å². The summed E-state index contributed by atoms with van der Waals surface area (Å²) < 4.78 is 18.7. The van der Waals surface area contributed by atoms with E-state index in [-0.39, 0.29) is 5.75 Å². The van der Waals surface area contributed by atoms with Crippen LogP contribution in [0.25, 0.3) is 0 Å². The highest BCUT2D eigenvalue weighted by molar-refractivity contribution is 5.68. The second-order valence-corrected chi connectivity index (χ2v) is 5.57. The number of hydrogen-bond acceptors (Lipinski definition) is 3. The molecule has 1 unspecified atom stereocenters. The summed E-state index contributed by atoms with van der Waals surface area (Å²) in [7, 11) is 0. The lowest BCUT2D eigenvalue weighted by Gasteiger charge is -2.13. The first-order valence-electron chi connectivity index (χ1n) is 6.39. The minimum atomic E-state index is -0.411. The van der Waals surface area contributed by atoms with Gasteiger partial charge in [-0.05, 0) is 24.7 Å². The molecule has 1 fully saturated rings. The van der Waals surface area contributed by atoms with Crippen LogP contribution in [0.3, 0.4) is 0 Å². The Morgan fingerprint density at radius 2 is 2.17 bits per heavy atom. The number of nitrogens with two attached hydrogens (primary N) is 1. The van der Waals surface area contributed by atoms with E-state index in [0.29, 0.717) is 23.6 Å². The maximum absolute atomic E-state index is 13.5. The SMILES string of the molecule is CCOc1cc(NCC2CC2(C)C)c(N)cc1F. The van der Waals surface area contributed by atoms with Gasteiger partial charge in [-0.15, -0.1) is 0 Å². The first-order valence-corrected chi connectivity index (χ1v) is 6.39. The first kappa shape index (κ1) is 13.0. The highest BCUT2D eigenvalue weighted by Gasteiger charge is 2.44. The Bertz CT molecular complexity index is 446. The van der Waals surface area contributed by atoms with Gasteiger partial charge in [-0.2, -0.15) is 0 Å². The van der Waals surface area contributed by atoms with Crippen LogP contribution in [0.5, 0.6) is 5.75 Å². The smallest absolute Gasteiger partial charge is 0.167 e. The molecule has 0 amide bonds. The van der Waals surface area contributed by atoms with Crippen LogP contribution in [0.2, 0.25) is 0 Å². The zero-order valence-electron chi connectivity index (χ0n) is 11.2. The van der Waals surface area contributed by atoms with Crippen molar-refractivity contribution >= 4 is 11.4 Å². The van der Waals surface area contributed by atoms with E-state index in [1.807, 2.05) is 6.92 Å². The molecule has 100 valence electrons. The number of nitrogen functional groups attached to an aromatic ring is 1. The van der Waals surface area contributed by atoms with E-state index < -0.39 is 5.82 Å². The average molecular weight is 252 g/mol. The van der Waals surface area contributed by atoms with Crippen molar-refractivity contribution < 1.29 is 9.13 Å². The summed E-state index contributed by atoms with van der Waals surface area (Å²) in [5, 5.41) is 3.28. The van der Waals surface area contributed by atoms with Gasteiger partial charge in [0.05, 0.1) is 18.0 Å². The van der Waals surface area contributed by atoms with Crippen molar-refractivity contribution in [3.8, 4) is 5.75 Å². The molecule has 3 N–H and O–H groups in total. The predicted molar refractivity (Wildman–Crippen MR) is 72.4 cm³/mol. The summed E-state index contributed by atoms with van der Waals surface area (Å²) in [5.41, 5.74) is 7.40. The fourth-order valence-electron chi connectivity index (χ4n) is 2.15. The number of nitrogens with one attached hydrogen (secondary N) is 1. The standard InChI is InChI=1S/C14H21FN2O/c1-4-18-13-6-12(11(16)5-10(13)15)17-8-9-7-14(9,2)3/h5-6,9,17H,4,7-8,16H2,1-3H3. The summed E-state index contributed by atoms with van der Waals surface area (Å²) in [6.07, 6.45) is 1.22. The molecule has 1 saturated carbocycles. The van der Waals surface area contributed by atoms with Crippen LogP contribution >= 0.6 is 0 Å². The molecular formula is C14H21FN2O. The summed E-state index contributed by atoms with van der Waals surface area (Å²) in [6, 6.07) is 2.95. The van der Waals surface area contributed by atoms with Gasteiger partial charge in [0.25, 0.3) is 0 Å². The van der Waals surface area contributed by atoms with Crippen LogP contribution in [0.1, 0.15) is 27.2 Å². The Morgan fingerprint density at radius 3 is 2.72 bits per heavy atom. The highest BCUT2D eigenvalue weighted by Crippen LogP contribution is 2.51. The van der Waals surface area contributed by atoms with E-state index in [0.717, 1.165) is 12.2 Å². The lowest BCUT2D eigenvalue weighted by molar-refractivity contribution is 0.322. The van der Waals surface area contributed by atoms with Gasteiger partial charge in [-0.1, -0.05) is 13.8 Å². The minimum absolute atomic E-state index is 0.254. The number of anilines is 2. The van der Waals surface area contributed by atoms with E-state index in [1.54, 1.807) is 6.07 Å². The van der Waals surface area contributed by atoms with Gasteiger partial charge in [-0.3, -0.25) is 0 Å². The maximum Gasteiger partial charge on any atom is 0.167 e. The Morgan fingerprint density at radius 1 is 1.50 bits per heavy atom.